The van der Waals surface area contributed by atoms with E-state index in [1.165, 1.54) is 0 Å². The number of carboxylic acids is 1. The fourth-order valence-electron chi connectivity index (χ4n) is 1.35. The minimum absolute atomic E-state index is 0. The topological polar surface area (TPSA) is 121 Å². The van der Waals surface area contributed by atoms with E-state index in [4.69, 9.17) is 0 Å². The van der Waals surface area contributed by atoms with Crippen LogP contribution in [-0.4, -0.2) is 44.2 Å². The van der Waals surface area contributed by atoms with Gasteiger partial charge >= 0.3 is 29.6 Å². The SMILES string of the molecule is CC(O)C1(O)C(O)=CC(C(=O)[O-])=CC1O.[Na+]. The largest absolute Gasteiger partial charge is 1.00 e. The van der Waals surface area contributed by atoms with E-state index in [2.05, 4.69) is 0 Å². The number of hydrogen-bond acceptors (Lipinski definition) is 6. The first-order valence-corrected chi connectivity index (χ1v) is 4.23. The molecule has 0 aromatic rings. The molecular weight excluding hydrogens is 227 g/mol. The Labute approximate surface area is 114 Å². The van der Waals surface area contributed by atoms with E-state index in [0.717, 1.165) is 19.1 Å². The average molecular weight is 238 g/mol. The molecule has 0 saturated carbocycles. The van der Waals surface area contributed by atoms with Crippen LogP contribution >= 0.6 is 0 Å². The summed E-state index contributed by atoms with van der Waals surface area (Å²) in [6.07, 6.45) is -1.64. The van der Waals surface area contributed by atoms with Crippen LogP contribution < -0.4 is 34.7 Å². The van der Waals surface area contributed by atoms with Crippen LogP contribution in [0.3, 0.4) is 0 Å². The van der Waals surface area contributed by atoms with E-state index < -0.39 is 35.1 Å². The van der Waals surface area contributed by atoms with Gasteiger partial charge in [0.15, 0.2) is 5.60 Å². The van der Waals surface area contributed by atoms with Crippen LogP contribution in [0.25, 0.3) is 0 Å². The molecule has 1 aliphatic carbocycles. The van der Waals surface area contributed by atoms with Gasteiger partial charge in [-0.2, -0.15) is 0 Å². The summed E-state index contributed by atoms with van der Waals surface area (Å²) in [7, 11) is 0. The number of aliphatic hydroxyl groups is 4. The molecule has 1 rings (SSSR count). The van der Waals surface area contributed by atoms with Gasteiger partial charge in [-0.1, -0.05) is 0 Å². The van der Waals surface area contributed by atoms with Gasteiger partial charge in [0.1, 0.15) is 11.9 Å². The molecule has 0 amide bonds. The molecular formula is C9H11NaO6. The van der Waals surface area contributed by atoms with E-state index in [-0.39, 0.29) is 29.6 Å². The van der Waals surface area contributed by atoms with Crippen molar-refractivity contribution >= 4 is 5.97 Å². The third kappa shape index (κ3) is 2.48. The molecule has 0 fully saturated rings. The van der Waals surface area contributed by atoms with E-state index >= 15 is 0 Å². The van der Waals surface area contributed by atoms with Gasteiger partial charge < -0.3 is 30.3 Å². The second kappa shape index (κ2) is 5.31. The van der Waals surface area contributed by atoms with Crippen LogP contribution in [0.4, 0.5) is 0 Å². The van der Waals surface area contributed by atoms with Crippen molar-refractivity contribution in [3.8, 4) is 0 Å². The fourth-order valence-corrected chi connectivity index (χ4v) is 1.35. The van der Waals surface area contributed by atoms with Gasteiger partial charge in [-0.25, -0.2) is 0 Å². The summed E-state index contributed by atoms with van der Waals surface area (Å²) in [5.74, 6) is -2.40. The Morgan fingerprint density at radius 1 is 1.62 bits per heavy atom. The Hall–Kier alpha value is -0.370. The first kappa shape index (κ1) is 15.6. The molecule has 3 unspecified atom stereocenters. The van der Waals surface area contributed by atoms with Crippen LogP contribution in [0.15, 0.2) is 23.5 Å². The second-order valence-corrected chi connectivity index (χ2v) is 3.39. The number of hydrogen-bond donors (Lipinski definition) is 4. The van der Waals surface area contributed by atoms with Crippen molar-refractivity contribution in [3.63, 3.8) is 0 Å². The monoisotopic (exact) mass is 238 g/mol. The first-order chi connectivity index (χ1) is 6.80. The zero-order chi connectivity index (χ0) is 11.8. The fraction of sp³-hybridized carbons (Fsp3) is 0.444. The normalized spacial score (nSPS) is 30.9. The molecule has 7 heteroatoms. The predicted octanol–water partition coefficient (Wildman–Crippen LogP) is -5.40. The summed E-state index contributed by atoms with van der Waals surface area (Å²) < 4.78 is 0. The summed E-state index contributed by atoms with van der Waals surface area (Å²) >= 11 is 0. The van der Waals surface area contributed by atoms with Gasteiger partial charge in [-0.15, -0.1) is 0 Å². The summed E-state index contributed by atoms with van der Waals surface area (Å²) in [6, 6.07) is 0. The van der Waals surface area contributed by atoms with Gasteiger partial charge in [0.2, 0.25) is 0 Å². The molecule has 0 bridgehead atoms. The molecule has 0 saturated heterocycles. The van der Waals surface area contributed by atoms with Gasteiger partial charge in [0.25, 0.3) is 0 Å². The predicted molar refractivity (Wildman–Crippen MR) is 46.4 cm³/mol. The maximum Gasteiger partial charge on any atom is 1.00 e. The molecule has 0 spiro atoms. The number of aliphatic carboxylic acids is 1. The molecule has 4 N–H and O–H groups in total. The standard InChI is InChI=1S/C9H12O6.Na/c1-4(10)9(15)6(11)2-5(8(13)14)3-7(9)12;/h2-4,6,10-12,15H,1H3,(H,13,14);/q;+1/p-1. The van der Waals surface area contributed by atoms with Crippen LogP contribution in [0.5, 0.6) is 0 Å². The van der Waals surface area contributed by atoms with Crippen LogP contribution in [0.2, 0.25) is 0 Å². The van der Waals surface area contributed by atoms with Gasteiger partial charge in [0, 0.05) is 0 Å². The Morgan fingerprint density at radius 3 is 2.44 bits per heavy atom. The van der Waals surface area contributed by atoms with Gasteiger partial charge in [-0.3, -0.25) is 0 Å². The molecule has 0 heterocycles. The number of carbonyl (C=O) groups is 1. The van der Waals surface area contributed by atoms with E-state index in [9.17, 15) is 30.3 Å². The van der Waals surface area contributed by atoms with Crippen LogP contribution in [0, 0.1) is 0 Å². The molecule has 0 aromatic heterocycles. The third-order valence-corrected chi connectivity index (χ3v) is 2.36. The molecule has 0 aliphatic heterocycles. The Morgan fingerprint density at radius 2 is 2.12 bits per heavy atom. The first-order valence-electron chi connectivity index (χ1n) is 4.23. The average Bonchev–Trinajstić information content (AvgIpc) is 2.12. The van der Waals surface area contributed by atoms with Crippen molar-refractivity contribution in [2.24, 2.45) is 0 Å². The zero-order valence-corrected chi connectivity index (χ0v) is 10.9. The molecule has 3 atom stereocenters. The quantitative estimate of drug-likeness (QED) is 0.356. The second-order valence-electron chi connectivity index (χ2n) is 3.39. The molecule has 84 valence electrons. The Bertz CT molecular complexity index is 348. The minimum Gasteiger partial charge on any atom is -0.545 e. The van der Waals surface area contributed by atoms with Crippen molar-refractivity contribution in [1.82, 2.24) is 0 Å². The third-order valence-electron chi connectivity index (χ3n) is 2.36. The summed E-state index contributed by atoms with van der Waals surface area (Å²) in [5.41, 5.74) is -2.73. The summed E-state index contributed by atoms with van der Waals surface area (Å²) in [4.78, 5) is 10.4. The van der Waals surface area contributed by atoms with Crippen molar-refractivity contribution < 1.29 is 59.9 Å². The molecule has 0 radical (unpaired) electrons. The summed E-state index contributed by atoms with van der Waals surface area (Å²) in [6.45, 7) is 1.16. The summed E-state index contributed by atoms with van der Waals surface area (Å²) in [5, 5.41) is 48.1. The maximum atomic E-state index is 10.4. The van der Waals surface area contributed by atoms with Gasteiger partial charge in [0.05, 0.1) is 12.1 Å². The van der Waals surface area contributed by atoms with Crippen LogP contribution in [0.1, 0.15) is 6.92 Å². The van der Waals surface area contributed by atoms with Crippen molar-refractivity contribution in [2.45, 2.75) is 24.7 Å². The number of carboxylic acid groups (broad SMARTS) is 1. The minimum atomic E-state index is -2.28. The molecule has 0 aromatic carbocycles. The maximum absolute atomic E-state index is 10.4. The Balaban J connectivity index is 0.00000225. The number of aliphatic hydroxyl groups excluding tert-OH is 3. The molecule has 6 nitrogen and oxygen atoms in total. The number of carbonyl (C=O) groups excluding carboxylic acids is 1. The number of rotatable bonds is 2. The van der Waals surface area contributed by atoms with Crippen molar-refractivity contribution in [1.29, 1.82) is 0 Å². The molecule has 16 heavy (non-hydrogen) atoms. The van der Waals surface area contributed by atoms with Crippen LogP contribution in [-0.2, 0) is 4.79 Å². The van der Waals surface area contributed by atoms with E-state index in [1.54, 1.807) is 0 Å². The Kier molecular flexibility index (Phi) is 5.18. The smallest absolute Gasteiger partial charge is 0.545 e. The van der Waals surface area contributed by atoms with E-state index in [0.29, 0.717) is 0 Å². The zero-order valence-electron chi connectivity index (χ0n) is 8.91. The molecule has 1 aliphatic rings. The van der Waals surface area contributed by atoms with E-state index in [1.807, 2.05) is 0 Å². The van der Waals surface area contributed by atoms with Crippen molar-refractivity contribution in [3.05, 3.63) is 23.5 Å². The van der Waals surface area contributed by atoms with Gasteiger partial charge in [-0.05, 0) is 24.6 Å². The van der Waals surface area contributed by atoms with Crippen molar-refractivity contribution in [2.75, 3.05) is 0 Å².